The van der Waals surface area contributed by atoms with Gasteiger partial charge in [0.1, 0.15) is 6.34 Å². The lowest BCUT2D eigenvalue weighted by molar-refractivity contribution is 0.970. The third-order valence-electron chi connectivity index (χ3n) is 12.1. The standard InChI is InChI=1S/C54H36N4/c55-45-27-13-10-24-42(45)52(35-17-2-1-3-18-35)56-33-57-46-28-14-11-25-43(46)51-49-39-21-7-6-20-38(39)48-44-26-12-15-29-47(44)58(37-31-30-34-16-4-5-19-36(34)32-37)54(48)50(49)40-22-8-9-23-41(40)53(51)57/h1-33,45H,55H2/b52-42-,56-33+. The molecule has 12 rings (SSSR count). The van der Waals surface area contributed by atoms with Crippen LogP contribution in [0, 0.1) is 0 Å². The number of hydrogen-bond donors (Lipinski definition) is 1. The highest BCUT2D eigenvalue weighted by Gasteiger charge is 2.25. The topological polar surface area (TPSA) is 48.2 Å². The molecule has 2 heterocycles. The van der Waals surface area contributed by atoms with Gasteiger partial charge in [0, 0.05) is 49.0 Å². The van der Waals surface area contributed by atoms with Crippen LogP contribution in [0.25, 0.3) is 98.1 Å². The maximum Gasteiger partial charge on any atom is 0.100 e. The molecule has 11 aromatic rings. The van der Waals surface area contributed by atoms with E-state index in [1.807, 2.05) is 30.6 Å². The van der Waals surface area contributed by atoms with Crippen molar-refractivity contribution in [2.75, 3.05) is 0 Å². The summed E-state index contributed by atoms with van der Waals surface area (Å²) in [6.45, 7) is 0. The van der Waals surface area contributed by atoms with Crippen LogP contribution in [0.3, 0.4) is 0 Å². The van der Waals surface area contributed by atoms with Crippen molar-refractivity contribution < 1.29 is 0 Å². The van der Waals surface area contributed by atoms with Gasteiger partial charge >= 0.3 is 0 Å². The van der Waals surface area contributed by atoms with E-state index in [-0.39, 0.29) is 6.04 Å². The zero-order chi connectivity index (χ0) is 38.3. The number of allylic oxidation sites excluding steroid dienone is 2. The molecular formula is C54H36N4. The summed E-state index contributed by atoms with van der Waals surface area (Å²) in [5.74, 6) is 0. The minimum Gasteiger partial charge on any atom is -0.321 e. The van der Waals surface area contributed by atoms with Gasteiger partial charge in [-0.1, -0.05) is 170 Å². The number of benzene rings is 9. The number of rotatable bonds is 4. The van der Waals surface area contributed by atoms with Crippen molar-refractivity contribution in [2.45, 2.75) is 6.04 Å². The summed E-state index contributed by atoms with van der Waals surface area (Å²) in [4.78, 5) is 5.37. The summed E-state index contributed by atoms with van der Waals surface area (Å²) in [6.07, 6.45) is 10.2. The van der Waals surface area contributed by atoms with Crippen molar-refractivity contribution >= 4 is 98.7 Å². The summed E-state index contributed by atoms with van der Waals surface area (Å²) in [5, 5.41) is 14.7. The average Bonchev–Trinajstić information content (AvgIpc) is 3.81. The first-order chi connectivity index (χ1) is 28.7. The molecule has 0 saturated carbocycles. The highest BCUT2D eigenvalue weighted by atomic mass is 15.0. The van der Waals surface area contributed by atoms with Gasteiger partial charge in [-0.3, -0.25) is 4.57 Å². The molecule has 2 aromatic heterocycles. The van der Waals surface area contributed by atoms with E-state index in [0.29, 0.717) is 0 Å². The highest BCUT2D eigenvalue weighted by molar-refractivity contribution is 6.45. The van der Waals surface area contributed by atoms with Gasteiger partial charge in [-0.15, -0.1) is 0 Å². The SMILES string of the molecule is NC1C=CC=C/C1=C(/N=C/n1c2ccccc2c2c3c4ccccc4c4c5ccccc5n(-c5ccc6ccccc6c5)c4c3c3ccccc3c21)c1ccccc1. The number of aliphatic imine (C=N–C) groups is 1. The van der Waals surface area contributed by atoms with Crippen molar-refractivity contribution in [1.82, 2.24) is 9.13 Å². The quantitative estimate of drug-likeness (QED) is 0.109. The highest BCUT2D eigenvalue weighted by Crippen LogP contribution is 2.49. The predicted molar refractivity (Wildman–Crippen MR) is 247 cm³/mol. The smallest absolute Gasteiger partial charge is 0.100 e. The van der Waals surface area contributed by atoms with Crippen LogP contribution >= 0.6 is 0 Å². The van der Waals surface area contributed by atoms with E-state index in [1.54, 1.807) is 0 Å². The number of nitrogens with zero attached hydrogens (tertiary/aromatic N) is 3. The van der Waals surface area contributed by atoms with Crippen LogP contribution in [-0.2, 0) is 0 Å². The summed E-state index contributed by atoms with van der Waals surface area (Å²) >= 11 is 0. The van der Waals surface area contributed by atoms with Crippen LogP contribution < -0.4 is 5.73 Å². The second kappa shape index (κ2) is 12.8. The van der Waals surface area contributed by atoms with E-state index < -0.39 is 0 Å². The molecule has 0 bridgehead atoms. The van der Waals surface area contributed by atoms with E-state index in [2.05, 4.69) is 179 Å². The monoisotopic (exact) mass is 740 g/mol. The molecule has 2 N–H and O–H groups in total. The third kappa shape index (κ3) is 4.70. The Morgan fingerprint density at radius 1 is 0.500 bits per heavy atom. The predicted octanol–water partition coefficient (Wildman–Crippen LogP) is 13.2. The van der Waals surface area contributed by atoms with E-state index in [9.17, 15) is 0 Å². The molecule has 0 radical (unpaired) electrons. The minimum atomic E-state index is -0.261. The number of hydrogen-bond acceptors (Lipinski definition) is 2. The molecular weight excluding hydrogens is 705 g/mol. The summed E-state index contributed by atoms with van der Waals surface area (Å²) < 4.78 is 4.82. The Morgan fingerprint density at radius 3 is 1.84 bits per heavy atom. The summed E-state index contributed by atoms with van der Waals surface area (Å²) in [7, 11) is 0. The lowest BCUT2D eigenvalue weighted by Gasteiger charge is -2.17. The molecule has 1 atom stereocenters. The van der Waals surface area contributed by atoms with Crippen LogP contribution in [0.4, 0.5) is 0 Å². The average molecular weight is 741 g/mol. The fourth-order valence-corrected chi connectivity index (χ4v) is 9.66. The van der Waals surface area contributed by atoms with E-state index >= 15 is 0 Å². The van der Waals surface area contributed by atoms with Crippen LogP contribution in [0.1, 0.15) is 5.56 Å². The Balaban J connectivity index is 1.28. The molecule has 9 aromatic carbocycles. The first-order valence-electron chi connectivity index (χ1n) is 19.9. The van der Waals surface area contributed by atoms with Crippen molar-refractivity contribution in [3.63, 3.8) is 0 Å². The zero-order valence-corrected chi connectivity index (χ0v) is 31.5. The van der Waals surface area contributed by atoms with Crippen LogP contribution in [0.5, 0.6) is 0 Å². The Hall–Kier alpha value is -7.53. The number of fused-ring (bicyclic) bond motifs is 16. The van der Waals surface area contributed by atoms with Gasteiger partial charge < -0.3 is 10.3 Å². The van der Waals surface area contributed by atoms with Gasteiger partial charge in [0.15, 0.2) is 0 Å². The fourth-order valence-electron chi connectivity index (χ4n) is 9.66. The van der Waals surface area contributed by atoms with E-state index in [0.717, 1.165) is 33.6 Å². The largest absolute Gasteiger partial charge is 0.321 e. The van der Waals surface area contributed by atoms with Crippen LogP contribution in [-0.4, -0.2) is 21.5 Å². The number of aromatic nitrogens is 2. The molecule has 4 nitrogen and oxygen atoms in total. The first kappa shape index (κ1) is 32.7. The summed E-state index contributed by atoms with van der Waals surface area (Å²) in [5.41, 5.74) is 15.4. The second-order valence-electron chi connectivity index (χ2n) is 15.2. The van der Waals surface area contributed by atoms with Crippen molar-refractivity contribution in [3.05, 3.63) is 205 Å². The molecule has 1 aliphatic rings. The van der Waals surface area contributed by atoms with Crippen LogP contribution in [0.15, 0.2) is 205 Å². The maximum atomic E-state index is 6.71. The Bertz CT molecular complexity index is 3630. The van der Waals surface area contributed by atoms with Crippen molar-refractivity contribution in [2.24, 2.45) is 10.7 Å². The molecule has 4 heteroatoms. The Morgan fingerprint density at radius 2 is 1.09 bits per heavy atom. The number of para-hydroxylation sites is 2. The minimum absolute atomic E-state index is 0.261. The lowest BCUT2D eigenvalue weighted by atomic mass is 9.90. The molecule has 0 saturated heterocycles. The normalized spacial score (nSPS) is 15.5. The van der Waals surface area contributed by atoms with Gasteiger partial charge in [-0.2, -0.15) is 0 Å². The second-order valence-corrected chi connectivity index (χ2v) is 15.2. The summed E-state index contributed by atoms with van der Waals surface area (Å²) in [6, 6.07) is 61.2. The van der Waals surface area contributed by atoms with E-state index in [1.165, 1.54) is 75.7 Å². The fraction of sp³-hybridized carbons (Fsp3) is 0.0185. The molecule has 0 fully saturated rings. The third-order valence-corrected chi connectivity index (χ3v) is 12.1. The maximum absolute atomic E-state index is 6.71. The Kier molecular flexibility index (Phi) is 7.19. The first-order valence-corrected chi connectivity index (χ1v) is 19.9. The van der Waals surface area contributed by atoms with E-state index in [4.69, 9.17) is 10.7 Å². The molecule has 58 heavy (non-hydrogen) atoms. The molecule has 272 valence electrons. The van der Waals surface area contributed by atoms with Gasteiger partial charge in [0.2, 0.25) is 0 Å². The molecule has 0 spiro atoms. The van der Waals surface area contributed by atoms with Gasteiger partial charge in [0.05, 0.1) is 33.8 Å². The molecule has 0 aliphatic heterocycles. The lowest BCUT2D eigenvalue weighted by Crippen LogP contribution is -2.21. The molecule has 0 amide bonds. The molecule has 1 unspecified atom stereocenters. The van der Waals surface area contributed by atoms with Crippen molar-refractivity contribution in [1.29, 1.82) is 0 Å². The zero-order valence-electron chi connectivity index (χ0n) is 31.5. The Labute approximate surface area is 334 Å². The molecule has 1 aliphatic carbocycles. The number of nitrogens with two attached hydrogens (primary N) is 1. The van der Waals surface area contributed by atoms with Gasteiger partial charge in [0.25, 0.3) is 0 Å². The van der Waals surface area contributed by atoms with Crippen molar-refractivity contribution in [3.8, 4) is 5.69 Å². The van der Waals surface area contributed by atoms with Gasteiger partial charge in [-0.05, 0) is 56.8 Å². The van der Waals surface area contributed by atoms with Crippen LogP contribution in [0.2, 0.25) is 0 Å². The van der Waals surface area contributed by atoms with Gasteiger partial charge in [-0.25, -0.2) is 4.99 Å².